The van der Waals surface area contributed by atoms with Gasteiger partial charge < -0.3 is 10.2 Å². The molecule has 1 fully saturated rings. The van der Waals surface area contributed by atoms with Crippen molar-refractivity contribution in [3.05, 3.63) is 0 Å². The number of nitrogens with one attached hydrogen (secondary N) is 1. The minimum absolute atomic E-state index is 0.0948. The maximum absolute atomic E-state index is 12.3. The number of rotatable bonds is 8. The summed E-state index contributed by atoms with van der Waals surface area (Å²) in [6.07, 6.45) is 6.85. The number of amides is 2. The number of nitrogens with zero attached hydrogens (tertiary/aromatic N) is 1. The first kappa shape index (κ1) is 18.0. The lowest BCUT2D eigenvalue weighted by Gasteiger charge is -2.33. The Morgan fingerprint density at radius 3 is 2.24 bits per heavy atom. The molecule has 1 rings (SSSR count). The van der Waals surface area contributed by atoms with Crippen LogP contribution in [0.1, 0.15) is 65.7 Å². The third kappa shape index (κ3) is 5.68. The van der Waals surface area contributed by atoms with Crippen LogP contribution < -0.4 is 5.32 Å². The van der Waals surface area contributed by atoms with Gasteiger partial charge in [-0.1, -0.05) is 33.6 Å². The van der Waals surface area contributed by atoms with Crippen molar-refractivity contribution in [2.75, 3.05) is 19.6 Å². The molecule has 1 N–H and O–H groups in total. The summed E-state index contributed by atoms with van der Waals surface area (Å²) < 4.78 is 0. The number of likely N-dealkylation sites (tertiary alicyclic amines) is 1. The Labute approximate surface area is 129 Å². The number of hydrogen-bond acceptors (Lipinski definition) is 2. The van der Waals surface area contributed by atoms with E-state index in [0.29, 0.717) is 0 Å². The molecule has 122 valence electrons. The van der Waals surface area contributed by atoms with Gasteiger partial charge in [-0.3, -0.25) is 9.59 Å². The van der Waals surface area contributed by atoms with E-state index in [1.807, 2.05) is 4.90 Å². The Hall–Kier alpha value is -1.06. The lowest BCUT2D eigenvalue weighted by Crippen LogP contribution is -2.45. The highest BCUT2D eigenvalue weighted by atomic mass is 16.2. The normalized spacial score (nSPS) is 16.3. The van der Waals surface area contributed by atoms with E-state index in [0.717, 1.165) is 51.7 Å². The highest BCUT2D eigenvalue weighted by molar-refractivity contribution is 5.81. The van der Waals surface area contributed by atoms with Crippen LogP contribution in [0.2, 0.25) is 0 Å². The van der Waals surface area contributed by atoms with Gasteiger partial charge in [-0.15, -0.1) is 0 Å². The fraction of sp³-hybridized carbons (Fsp3) is 0.882. The molecule has 1 saturated heterocycles. The lowest BCUT2D eigenvalue weighted by atomic mass is 9.93. The van der Waals surface area contributed by atoms with E-state index >= 15 is 0 Å². The van der Waals surface area contributed by atoms with Gasteiger partial charge in [0.15, 0.2) is 0 Å². The molecule has 0 unspecified atom stereocenters. The SMILES string of the molecule is CCCCCNC(=O)C1CCN(C(=O)C(CC)CC)CC1. The average Bonchev–Trinajstić information content (AvgIpc) is 2.52. The molecular formula is C17H32N2O2. The van der Waals surface area contributed by atoms with Gasteiger partial charge in [-0.25, -0.2) is 0 Å². The van der Waals surface area contributed by atoms with Gasteiger partial charge >= 0.3 is 0 Å². The molecule has 0 aliphatic carbocycles. The summed E-state index contributed by atoms with van der Waals surface area (Å²) in [4.78, 5) is 26.3. The molecule has 21 heavy (non-hydrogen) atoms. The zero-order valence-electron chi connectivity index (χ0n) is 14.0. The molecular weight excluding hydrogens is 264 g/mol. The van der Waals surface area contributed by atoms with Gasteiger partial charge in [0.1, 0.15) is 0 Å². The van der Waals surface area contributed by atoms with Crippen molar-refractivity contribution in [1.82, 2.24) is 10.2 Å². The zero-order valence-corrected chi connectivity index (χ0v) is 14.0. The second-order valence-electron chi connectivity index (χ2n) is 6.11. The van der Waals surface area contributed by atoms with Crippen LogP contribution in [-0.2, 0) is 9.59 Å². The highest BCUT2D eigenvalue weighted by Crippen LogP contribution is 2.21. The van der Waals surface area contributed by atoms with E-state index < -0.39 is 0 Å². The summed E-state index contributed by atoms with van der Waals surface area (Å²) in [5, 5.41) is 3.03. The molecule has 0 radical (unpaired) electrons. The third-order valence-corrected chi connectivity index (χ3v) is 4.59. The maximum atomic E-state index is 12.3. The molecule has 4 heteroatoms. The standard InChI is InChI=1S/C17H32N2O2/c1-4-7-8-11-18-16(20)15-9-12-19(13-10-15)17(21)14(5-2)6-3/h14-15H,4-13H2,1-3H3,(H,18,20). The minimum atomic E-state index is 0.0948. The van der Waals surface area contributed by atoms with Crippen LogP contribution in [0, 0.1) is 11.8 Å². The molecule has 0 aromatic rings. The summed E-state index contributed by atoms with van der Waals surface area (Å²) >= 11 is 0. The third-order valence-electron chi connectivity index (χ3n) is 4.59. The van der Waals surface area contributed by atoms with Crippen molar-refractivity contribution in [2.24, 2.45) is 11.8 Å². The van der Waals surface area contributed by atoms with Crippen molar-refractivity contribution >= 4 is 11.8 Å². The van der Waals surface area contributed by atoms with Crippen molar-refractivity contribution < 1.29 is 9.59 Å². The Morgan fingerprint density at radius 2 is 1.71 bits per heavy atom. The second-order valence-corrected chi connectivity index (χ2v) is 6.11. The number of piperidine rings is 1. The molecule has 0 bridgehead atoms. The molecule has 0 aromatic carbocycles. The van der Waals surface area contributed by atoms with E-state index in [2.05, 4.69) is 26.1 Å². The summed E-state index contributed by atoms with van der Waals surface area (Å²) in [7, 11) is 0. The van der Waals surface area contributed by atoms with Crippen molar-refractivity contribution in [3.8, 4) is 0 Å². The number of unbranched alkanes of at least 4 members (excludes halogenated alkanes) is 2. The van der Waals surface area contributed by atoms with Gasteiger partial charge in [0, 0.05) is 31.5 Å². The van der Waals surface area contributed by atoms with E-state index in [1.165, 1.54) is 12.8 Å². The fourth-order valence-corrected chi connectivity index (χ4v) is 2.99. The first-order valence-corrected chi connectivity index (χ1v) is 8.70. The Kier molecular flexibility index (Phi) is 8.40. The van der Waals surface area contributed by atoms with E-state index in [1.54, 1.807) is 0 Å². The quantitative estimate of drug-likeness (QED) is 0.700. The van der Waals surface area contributed by atoms with Crippen molar-refractivity contribution in [2.45, 2.75) is 65.7 Å². The van der Waals surface area contributed by atoms with Gasteiger partial charge in [-0.2, -0.15) is 0 Å². The largest absolute Gasteiger partial charge is 0.356 e. The fourth-order valence-electron chi connectivity index (χ4n) is 2.99. The average molecular weight is 296 g/mol. The number of carbonyl (C=O) groups excluding carboxylic acids is 2. The van der Waals surface area contributed by atoms with E-state index in [4.69, 9.17) is 0 Å². The molecule has 2 amide bonds. The van der Waals surface area contributed by atoms with Crippen LogP contribution in [0.4, 0.5) is 0 Å². The molecule has 0 aromatic heterocycles. The summed E-state index contributed by atoms with van der Waals surface area (Å²) in [6, 6.07) is 0. The molecule has 0 atom stereocenters. The topological polar surface area (TPSA) is 49.4 Å². The predicted molar refractivity (Wildman–Crippen MR) is 85.9 cm³/mol. The number of carbonyl (C=O) groups is 2. The minimum Gasteiger partial charge on any atom is -0.356 e. The van der Waals surface area contributed by atoms with Crippen LogP contribution in [0.3, 0.4) is 0 Å². The van der Waals surface area contributed by atoms with Crippen LogP contribution in [-0.4, -0.2) is 36.3 Å². The summed E-state index contributed by atoms with van der Waals surface area (Å²) in [6.45, 7) is 8.57. The van der Waals surface area contributed by atoms with Gasteiger partial charge in [0.2, 0.25) is 11.8 Å². The van der Waals surface area contributed by atoms with Gasteiger partial charge in [0.05, 0.1) is 0 Å². The second kappa shape index (κ2) is 9.80. The summed E-state index contributed by atoms with van der Waals surface area (Å²) in [5.74, 6) is 0.712. The van der Waals surface area contributed by atoms with E-state index in [-0.39, 0.29) is 23.7 Å². The first-order valence-electron chi connectivity index (χ1n) is 8.70. The highest BCUT2D eigenvalue weighted by Gasteiger charge is 2.29. The van der Waals surface area contributed by atoms with E-state index in [9.17, 15) is 9.59 Å². The van der Waals surface area contributed by atoms with Crippen molar-refractivity contribution in [1.29, 1.82) is 0 Å². The Bertz CT molecular complexity index is 319. The van der Waals surface area contributed by atoms with Gasteiger partial charge in [0.25, 0.3) is 0 Å². The monoisotopic (exact) mass is 296 g/mol. The molecule has 0 spiro atoms. The van der Waals surface area contributed by atoms with Crippen LogP contribution in [0.15, 0.2) is 0 Å². The van der Waals surface area contributed by atoms with Crippen molar-refractivity contribution in [3.63, 3.8) is 0 Å². The Balaban J connectivity index is 2.31. The lowest BCUT2D eigenvalue weighted by molar-refractivity contribution is -0.139. The zero-order chi connectivity index (χ0) is 15.7. The smallest absolute Gasteiger partial charge is 0.225 e. The van der Waals surface area contributed by atoms with Crippen LogP contribution in [0.25, 0.3) is 0 Å². The van der Waals surface area contributed by atoms with Crippen LogP contribution >= 0.6 is 0 Å². The molecule has 1 aliphatic rings. The number of hydrogen-bond donors (Lipinski definition) is 1. The Morgan fingerprint density at radius 1 is 1.10 bits per heavy atom. The maximum Gasteiger partial charge on any atom is 0.225 e. The predicted octanol–water partition coefficient (Wildman–Crippen LogP) is 2.97. The first-order chi connectivity index (χ1) is 10.1. The van der Waals surface area contributed by atoms with Crippen LogP contribution in [0.5, 0.6) is 0 Å². The van der Waals surface area contributed by atoms with Gasteiger partial charge in [-0.05, 0) is 32.1 Å². The molecule has 0 saturated carbocycles. The molecule has 4 nitrogen and oxygen atoms in total. The molecule has 1 aliphatic heterocycles. The summed E-state index contributed by atoms with van der Waals surface area (Å²) in [5.41, 5.74) is 0. The molecule has 1 heterocycles.